The maximum atomic E-state index is 13.3. The number of carbonyl (C=O) groups excluding carboxylic acids is 1. The van der Waals surface area contributed by atoms with E-state index < -0.39 is 18.8 Å². The van der Waals surface area contributed by atoms with Crippen molar-refractivity contribution in [1.29, 1.82) is 5.26 Å². The van der Waals surface area contributed by atoms with Gasteiger partial charge in [0, 0.05) is 30.1 Å². The molecule has 0 aliphatic rings. The lowest BCUT2D eigenvalue weighted by molar-refractivity contribution is -0.142. The number of benzene rings is 2. The van der Waals surface area contributed by atoms with Crippen molar-refractivity contribution >= 4 is 11.7 Å². The Labute approximate surface area is 217 Å². The number of amides is 1. The van der Waals surface area contributed by atoms with Gasteiger partial charge in [-0.1, -0.05) is 49.4 Å². The van der Waals surface area contributed by atoms with Gasteiger partial charge in [0.1, 0.15) is 18.4 Å². The molecule has 194 valence electrons. The quantitative estimate of drug-likeness (QED) is 0.307. The Balaban J connectivity index is 1.43. The number of carbonyl (C=O) groups is 1. The topological polar surface area (TPSA) is 95.6 Å². The smallest absolute Gasteiger partial charge is 0.309 e. The van der Waals surface area contributed by atoms with Crippen molar-refractivity contribution in [3.63, 3.8) is 0 Å². The number of nitrogens with one attached hydrogen (secondary N) is 2. The molecule has 0 unspecified atom stereocenters. The van der Waals surface area contributed by atoms with Crippen LogP contribution in [-0.2, 0) is 11.3 Å². The van der Waals surface area contributed by atoms with Crippen LogP contribution in [0.4, 0.5) is 19.0 Å². The van der Waals surface area contributed by atoms with E-state index in [-0.39, 0.29) is 11.8 Å². The molecule has 0 radical (unpaired) electrons. The van der Waals surface area contributed by atoms with Crippen LogP contribution < -0.4 is 10.6 Å². The number of hydrogen-bond donors (Lipinski definition) is 2. The van der Waals surface area contributed by atoms with Crippen LogP contribution in [0.3, 0.4) is 0 Å². The average Bonchev–Trinajstić information content (AvgIpc) is 3.36. The number of anilines is 1. The Bertz CT molecular complexity index is 1390. The summed E-state index contributed by atoms with van der Waals surface area (Å²) in [5.74, 6) is 0.0863. The molecular formula is C28H25F3N6O. The first kappa shape index (κ1) is 26.6. The Kier molecular flexibility index (Phi) is 8.19. The molecule has 2 atom stereocenters. The van der Waals surface area contributed by atoms with E-state index in [2.05, 4.69) is 26.8 Å². The Morgan fingerprint density at radius 3 is 2.37 bits per heavy atom. The summed E-state index contributed by atoms with van der Waals surface area (Å²) in [4.78, 5) is 17.5. The van der Waals surface area contributed by atoms with Gasteiger partial charge >= 0.3 is 6.18 Å². The van der Waals surface area contributed by atoms with Crippen LogP contribution in [0.5, 0.6) is 0 Å². The van der Waals surface area contributed by atoms with Gasteiger partial charge in [-0.3, -0.25) is 9.48 Å². The molecule has 0 saturated carbocycles. The van der Waals surface area contributed by atoms with Crippen LogP contribution in [0, 0.1) is 11.3 Å². The lowest BCUT2D eigenvalue weighted by atomic mass is 9.98. The first-order valence-electron chi connectivity index (χ1n) is 11.9. The third-order valence-electron chi connectivity index (χ3n) is 5.95. The van der Waals surface area contributed by atoms with Gasteiger partial charge in [0.15, 0.2) is 0 Å². The largest absolute Gasteiger partial charge is 0.408 e. The first-order chi connectivity index (χ1) is 18.2. The molecule has 0 spiro atoms. The van der Waals surface area contributed by atoms with Gasteiger partial charge in [0.25, 0.3) is 0 Å². The van der Waals surface area contributed by atoms with Crippen molar-refractivity contribution in [3.8, 4) is 17.2 Å². The lowest BCUT2D eigenvalue weighted by Crippen LogP contribution is -2.35. The minimum Gasteiger partial charge on any atom is -0.309 e. The summed E-state index contributed by atoms with van der Waals surface area (Å²) in [5.41, 5.74) is 3.47. The molecule has 0 aliphatic carbocycles. The molecule has 2 N–H and O–H groups in total. The summed E-state index contributed by atoms with van der Waals surface area (Å²) in [6, 6.07) is 21.3. The Hall–Kier alpha value is -4.49. The fraction of sp³-hybridized carbons (Fsp3) is 0.214. The van der Waals surface area contributed by atoms with Gasteiger partial charge in [-0.05, 0) is 41.3 Å². The van der Waals surface area contributed by atoms with Crippen LogP contribution in [0.15, 0.2) is 85.3 Å². The normalized spacial score (nSPS) is 12.9. The first-order valence-corrected chi connectivity index (χ1v) is 11.9. The average molecular weight is 519 g/mol. The maximum Gasteiger partial charge on any atom is 0.408 e. The zero-order valence-corrected chi connectivity index (χ0v) is 20.5. The molecule has 0 fully saturated rings. The van der Waals surface area contributed by atoms with Gasteiger partial charge in [0.2, 0.25) is 5.91 Å². The molecule has 2 aromatic heterocycles. The number of nitriles is 1. The zero-order valence-electron chi connectivity index (χ0n) is 20.5. The highest BCUT2D eigenvalue weighted by Crippen LogP contribution is 2.23. The van der Waals surface area contributed by atoms with E-state index in [0.717, 1.165) is 15.8 Å². The number of hydrogen-bond acceptors (Lipinski definition) is 5. The lowest BCUT2D eigenvalue weighted by Gasteiger charge is -2.21. The second-order valence-corrected chi connectivity index (χ2v) is 8.85. The highest BCUT2D eigenvalue weighted by molar-refractivity contribution is 5.95. The van der Waals surface area contributed by atoms with Crippen molar-refractivity contribution in [2.45, 2.75) is 31.6 Å². The summed E-state index contributed by atoms with van der Waals surface area (Å²) in [7, 11) is 0. The highest BCUT2D eigenvalue weighted by atomic mass is 19.4. The molecule has 38 heavy (non-hydrogen) atoms. The Morgan fingerprint density at radius 1 is 1.00 bits per heavy atom. The van der Waals surface area contributed by atoms with Crippen LogP contribution in [0.25, 0.3) is 11.1 Å². The van der Waals surface area contributed by atoms with Crippen molar-refractivity contribution in [2.75, 3.05) is 11.9 Å². The summed E-state index contributed by atoms with van der Waals surface area (Å²) >= 11 is 0. The zero-order chi connectivity index (χ0) is 27.1. The molecule has 2 aromatic carbocycles. The van der Waals surface area contributed by atoms with Gasteiger partial charge in [-0.25, -0.2) is 4.98 Å². The fourth-order valence-corrected chi connectivity index (χ4v) is 3.93. The molecule has 4 rings (SSSR count). The fourth-order valence-electron chi connectivity index (χ4n) is 3.93. The molecule has 1 amide bonds. The van der Waals surface area contributed by atoms with Crippen molar-refractivity contribution in [1.82, 2.24) is 20.1 Å². The molecule has 7 nitrogen and oxygen atoms in total. The number of aromatic nitrogens is 3. The molecular weight excluding hydrogens is 493 g/mol. The summed E-state index contributed by atoms with van der Waals surface area (Å²) < 4.78 is 38.6. The van der Waals surface area contributed by atoms with Crippen LogP contribution in [0.2, 0.25) is 0 Å². The van der Waals surface area contributed by atoms with E-state index in [0.29, 0.717) is 29.1 Å². The van der Waals surface area contributed by atoms with Gasteiger partial charge in [-0.15, -0.1) is 0 Å². The predicted molar refractivity (Wildman–Crippen MR) is 137 cm³/mol. The van der Waals surface area contributed by atoms with E-state index in [1.807, 2.05) is 49.4 Å². The number of rotatable bonds is 9. The van der Waals surface area contributed by atoms with Crippen LogP contribution >= 0.6 is 0 Å². The second-order valence-electron chi connectivity index (χ2n) is 8.85. The SMILES string of the molecule is C[C@H](CN[C@H](C(=O)Nc1ccc(-c2cnn(CC(F)(F)F)c2)cn1)c1ccccc1)c1ccc(C#N)cc1. The monoisotopic (exact) mass is 518 g/mol. The highest BCUT2D eigenvalue weighted by Gasteiger charge is 2.28. The third-order valence-corrected chi connectivity index (χ3v) is 5.95. The maximum absolute atomic E-state index is 13.3. The summed E-state index contributed by atoms with van der Waals surface area (Å²) in [6.45, 7) is 1.37. The van der Waals surface area contributed by atoms with Gasteiger partial charge in [0.05, 0.1) is 17.8 Å². The molecule has 10 heteroatoms. The van der Waals surface area contributed by atoms with Crippen molar-refractivity contribution in [2.24, 2.45) is 0 Å². The predicted octanol–water partition coefficient (Wildman–Crippen LogP) is 5.45. The van der Waals surface area contributed by atoms with Crippen LogP contribution in [-0.4, -0.2) is 33.4 Å². The minimum atomic E-state index is -4.36. The number of alkyl halides is 3. The van der Waals surface area contributed by atoms with E-state index in [4.69, 9.17) is 5.26 Å². The van der Waals surface area contributed by atoms with Crippen molar-refractivity contribution in [3.05, 3.63) is 102 Å². The van der Waals surface area contributed by atoms with E-state index in [9.17, 15) is 18.0 Å². The van der Waals surface area contributed by atoms with Crippen LogP contribution in [0.1, 0.15) is 35.6 Å². The van der Waals surface area contributed by atoms with Gasteiger partial charge in [-0.2, -0.15) is 23.5 Å². The standard InChI is InChI=1S/C28H25F3N6O/c1-19(21-9-7-20(13-32)8-10-21)14-34-26(22-5-3-2-4-6-22)27(38)36-25-12-11-23(15-33-25)24-16-35-37(17-24)18-28(29,30)31/h2-12,15-17,19,26,34H,14,18H2,1H3,(H,33,36,38)/t19-,26+/m1/s1. The van der Waals surface area contributed by atoms with Crippen molar-refractivity contribution < 1.29 is 18.0 Å². The number of pyridine rings is 1. The number of nitrogens with zero attached hydrogens (tertiary/aromatic N) is 4. The summed E-state index contributed by atoms with van der Waals surface area (Å²) in [5, 5.41) is 18.9. The third kappa shape index (κ3) is 7.05. The molecule has 0 saturated heterocycles. The second kappa shape index (κ2) is 11.7. The number of halogens is 3. The molecule has 0 aliphatic heterocycles. The van der Waals surface area contributed by atoms with Gasteiger partial charge < -0.3 is 10.6 Å². The molecule has 0 bridgehead atoms. The molecule has 2 heterocycles. The molecule has 4 aromatic rings. The van der Waals surface area contributed by atoms with E-state index in [1.54, 1.807) is 24.3 Å². The van der Waals surface area contributed by atoms with E-state index >= 15 is 0 Å². The Morgan fingerprint density at radius 2 is 1.74 bits per heavy atom. The summed E-state index contributed by atoms with van der Waals surface area (Å²) in [6.07, 6.45) is -0.250. The minimum absolute atomic E-state index is 0.0809. The van der Waals surface area contributed by atoms with E-state index in [1.165, 1.54) is 18.6 Å².